The maximum absolute atomic E-state index is 12.4. The smallest absolute Gasteiger partial charge is 0.305 e. The third-order valence-corrected chi connectivity index (χ3v) is 13.7. The number of carbonyl (C=O) groups is 1. The lowest BCUT2D eigenvalue weighted by Gasteiger charge is -2.30. The predicted molar refractivity (Wildman–Crippen MR) is 243 cm³/mol. The van der Waals surface area contributed by atoms with Gasteiger partial charge in [-0.05, 0) is 85.9 Å². The topological polar surface area (TPSA) is 26.3 Å². The second-order valence-corrected chi connectivity index (χ2v) is 19.5. The summed E-state index contributed by atoms with van der Waals surface area (Å²) in [4.78, 5) is 12.4. The average Bonchev–Trinajstić information content (AvgIpc) is 3.14. The van der Waals surface area contributed by atoms with Crippen molar-refractivity contribution in [2.75, 3.05) is 6.61 Å². The van der Waals surface area contributed by atoms with Crippen LogP contribution in [0.3, 0.4) is 0 Å². The van der Waals surface area contributed by atoms with E-state index >= 15 is 0 Å². The number of esters is 1. The number of ether oxygens (including phenoxy) is 1. The molecule has 0 amide bonds. The van der Waals surface area contributed by atoms with Gasteiger partial charge in [0.05, 0.1) is 6.61 Å². The molecule has 7 atom stereocenters. The summed E-state index contributed by atoms with van der Waals surface area (Å²) in [7, 11) is 0. The van der Waals surface area contributed by atoms with E-state index in [9.17, 15) is 4.79 Å². The van der Waals surface area contributed by atoms with E-state index < -0.39 is 0 Å². The van der Waals surface area contributed by atoms with Crippen LogP contribution in [-0.4, -0.2) is 12.6 Å². The molecule has 0 aromatic heterocycles. The lowest BCUT2D eigenvalue weighted by Crippen LogP contribution is -2.20. The van der Waals surface area contributed by atoms with Crippen LogP contribution in [0.2, 0.25) is 0 Å². The van der Waals surface area contributed by atoms with Crippen molar-refractivity contribution in [1.82, 2.24) is 0 Å². The Morgan fingerprint density at radius 2 is 0.889 bits per heavy atom. The van der Waals surface area contributed by atoms with Crippen molar-refractivity contribution in [1.29, 1.82) is 0 Å². The van der Waals surface area contributed by atoms with E-state index in [1.54, 1.807) is 0 Å². The highest BCUT2D eigenvalue weighted by Crippen LogP contribution is 2.35. The van der Waals surface area contributed by atoms with Crippen molar-refractivity contribution in [3.05, 3.63) is 0 Å². The zero-order valence-corrected chi connectivity index (χ0v) is 39.3. The van der Waals surface area contributed by atoms with Crippen LogP contribution in [0, 0.1) is 47.3 Å². The van der Waals surface area contributed by atoms with Crippen LogP contribution in [0.1, 0.15) is 275 Å². The minimum atomic E-state index is 0.0275. The van der Waals surface area contributed by atoms with E-state index in [1.807, 2.05) is 0 Å². The minimum absolute atomic E-state index is 0.0275. The molecule has 0 fully saturated rings. The van der Waals surface area contributed by atoms with Gasteiger partial charge in [-0.25, -0.2) is 0 Å². The van der Waals surface area contributed by atoms with Crippen LogP contribution in [0.5, 0.6) is 0 Å². The highest BCUT2D eigenvalue weighted by atomic mass is 16.5. The zero-order valence-electron chi connectivity index (χ0n) is 39.3. The van der Waals surface area contributed by atoms with Crippen molar-refractivity contribution in [2.45, 2.75) is 275 Å². The monoisotopic (exact) mass is 761 g/mol. The molecule has 2 heteroatoms. The molecule has 324 valence electrons. The molecule has 0 spiro atoms. The zero-order chi connectivity index (χ0) is 40.2. The molecule has 0 heterocycles. The lowest BCUT2D eigenvalue weighted by atomic mass is 9.75. The van der Waals surface area contributed by atoms with Crippen molar-refractivity contribution in [3.8, 4) is 0 Å². The molecule has 2 nitrogen and oxygen atoms in total. The molecule has 0 saturated carbocycles. The molecular weight excluding hydrogens is 657 g/mol. The highest BCUT2D eigenvalue weighted by Gasteiger charge is 2.24. The maximum atomic E-state index is 12.4. The summed E-state index contributed by atoms with van der Waals surface area (Å²) in [5, 5.41) is 0. The highest BCUT2D eigenvalue weighted by molar-refractivity contribution is 5.69. The molecule has 0 aliphatic rings. The molecule has 7 unspecified atom stereocenters. The first-order chi connectivity index (χ1) is 26.1. The summed E-state index contributed by atoms with van der Waals surface area (Å²) in [5.74, 6) is 6.48. The van der Waals surface area contributed by atoms with Crippen LogP contribution in [-0.2, 0) is 9.53 Å². The van der Waals surface area contributed by atoms with Crippen molar-refractivity contribution >= 4 is 5.97 Å². The molecule has 0 N–H and O–H groups in total. The van der Waals surface area contributed by atoms with Gasteiger partial charge in [-0.2, -0.15) is 0 Å². The van der Waals surface area contributed by atoms with E-state index in [4.69, 9.17) is 4.74 Å². The fourth-order valence-electron chi connectivity index (χ4n) is 9.42. The summed E-state index contributed by atoms with van der Waals surface area (Å²) in [6, 6.07) is 0. The normalized spacial score (nSPS) is 15.9. The Balaban J connectivity index is 4.20. The van der Waals surface area contributed by atoms with Crippen LogP contribution in [0.15, 0.2) is 0 Å². The second kappa shape index (κ2) is 38.0. The van der Waals surface area contributed by atoms with Gasteiger partial charge in [0.2, 0.25) is 0 Å². The standard InChI is InChI=1S/C52H104O2/c1-11-15-17-19-20-21-22-23-24-25-26-27-28-29-31-36-52(53)54-40-39-47(9)42-51(44(5)6)38-37-49(13-3)43-48(10)50(14-4)41-46(8)35-32-34-45(7)33-30-18-16-12-2/h44-51H,11-43H2,1-10H3. The molecule has 0 aromatic rings. The van der Waals surface area contributed by atoms with Crippen LogP contribution >= 0.6 is 0 Å². The summed E-state index contributed by atoms with van der Waals surface area (Å²) >= 11 is 0. The van der Waals surface area contributed by atoms with E-state index in [2.05, 4.69) is 69.2 Å². The average molecular weight is 761 g/mol. The van der Waals surface area contributed by atoms with Crippen molar-refractivity contribution in [3.63, 3.8) is 0 Å². The quantitative estimate of drug-likeness (QED) is 0.0458. The molecule has 0 aliphatic heterocycles. The van der Waals surface area contributed by atoms with Gasteiger partial charge >= 0.3 is 5.97 Å². The lowest BCUT2D eigenvalue weighted by molar-refractivity contribution is -0.144. The first kappa shape index (κ1) is 53.5. The van der Waals surface area contributed by atoms with Crippen molar-refractivity contribution in [2.24, 2.45) is 47.3 Å². The molecule has 54 heavy (non-hydrogen) atoms. The number of hydrogen-bond donors (Lipinski definition) is 0. The number of rotatable bonds is 41. The Kier molecular flexibility index (Phi) is 37.6. The Bertz CT molecular complexity index is 774. The number of hydrogen-bond acceptors (Lipinski definition) is 2. The molecule has 0 bridgehead atoms. The fraction of sp³-hybridized carbons (Fsp3) is 0.981. The molecule has 0 aromatic carbocycles. The SMILES string of the molecule is CCCCCCCCCCCCCCCCCC(=O)OCCC(C)CC(CCC(CC)CC(C)C(CC)CC(C)CCCC(C)CCCCCC)C(C)C. The van der Waals surface area contributed by atoms with Gasteiger partial charge in [0.1, 0.15) is 0 Å². The van der Waals surface area contributed by atoms with E-state index in [-0.39, 0.29) is 5.97 Å². The van der Waals surface area contributed by atoms with Crippen LogP contribution in [0.25, 0.3) is 0 Å². The third-order valence-electron chi connectivity index (χ3n) is 13.7. The Hall–Kier alpha value is -0.530. The Labute approximate surface area is 343 Å². The van der Waals surface area contributed by atoms with Gasteiger partial charge in [-0.1, -0.05) is 230 Å². The first-order valence-electron chi connectivity index (χ1n) is 25.2. The van der Waals surface area contributed by atoms with Gasteiger partial charge in [0.25, 0.3) is 0 Å². The summed E-state index contributed by atoms with van der Waals surface area (Å²) in [6.07, 6.45) is 42.8. The van der Waals surface area contributed by atoms with Crippen molar-refractivity contribution < 1.29 is 9.53 Å². The molecule has 0 rings (SSSR count). The number of unbranched alkanes of at least 4 members (excludes halogenated alkanes) is 17. The molecular formula is C52H104O2. The summed E-state index contributed by atoms with van der Waals surface area (Å²) in [5.41, 5.74) is 0. The first-order valence-corrected chi connectivity index (χ1v) is 25.2. The van der Waals surface area contributed by atoms with Crippen LogP contribution in [0.4, 0.5) is 0 Å². The summed E-state index contributed by atoms with van der Waals surface area (Å²) < 4.78 is 5.71. The Morgan fingerprint density at radius 3 is 1.41 bits per heavy atom. The van der Waals surface area contributed by atoms with Gasteiger partial charge in [-0.3, -0.25) is 4.79 Å². The maximum Gasteiger partial charge on any atom is 0.305 e. The van der Waals surface area contributed by atoms with Gasteiger partial charge < -0.3 is 4.74 Å². The van der Waals surface area contributed by atoms with Crippen LogP contribution < -0.4 is 0 Å². The predicted octanol–water partition coefficient (Wildman–Crippen LogP) is 18.1. The van der Waals surface area contributed by atoms with Gasteiger partial charge in [0, 0.05) is 6.42 Å². The molecule has 0 aliphatic carbocycles. The van der Waals surface area contributed by atoms with Gasteiger partial charge in [-0.15, -0.1) is 0 Å². The molecule has 0 radical (unpaired) electrons. The number of carbonyl (C=O) groups excluding carboxylic acids is 1. The van der Waals surface area contributed by atoms with E-state index in [0.717, 1.165) is 54.3 Å². The largest absolute Gasteiger partial charge is 0.466 e. The van der Waals surface area contributed by atoms with E-state index in [1.165, 1.54) is 186 Å². The molecule has 0 saturated heterocycles. The second-order valence-electron chi connectivity index (χ2n) is 19.5. The fourth-order valence-corrected chi connectivity index (χ4v) is 9.42. The minimum Gasteiger partial charge on any atom is -0.466 e. The summed E-state index contributed by atoms with van der Waals surface area (Å²) in [6.45, 7) is 24.9. The van der Waals surface area contributed by atoms with Gasteiger partial charge in [0.15, 0.2) is 0 Å². The third kappa shape index (κ3) is 32.5. The Morgan fingerprint density at radius 1 is 0.426 bits per heavy atom. The van der Waals surface area contributed by atoms with E-state index in [0.29, 0.717) is 18.9 Å².